The maximum absolute atomic E-state index is 12.6. The average molecular weight is 325 g/mol. The standard InChI is InChI=1S/C15H14F3N3O2/c1-9-20-12(15(16,17)18)7-13(22)21(9)8-10-3-5-11(6-4-10)14(23)19-2/h3-7H,8H2,1-2H3,(H,19,23). The van der Waals surface area contributed by atoms with Gasteiger partial charge in [-0.2, -0.15) is 13.2 Å². The number of hydrogen-bond donors (Lipinski definition) is 1. The molecule has 1 amide bonds. The summed E-state index contributed by atoms with van der Waals surface area (Å²) in [6, 6.07) is 6.90. The van der Waals surface area contributed by atoms with Crippen LogP contribution in [-0.4, -0.2) is 22.5 Å². The van der Waals surface area contributed by atoms with Crippen molar-refractivity contribution in [2.24, 2.45) is 0 Å². The van der Waals surface area contributed by atoms with Crippen molar-refractivity contribution in [3.8, 4) is 0 Å². The number of carbonyl (C=O) groups is 1. The van der Waals surface area contributed by atoms with Gasteiger partial charge in [0, 0.05) is 18.7 Å². The zero-order valence-electron chi connectivity index (χ0n) is 12.4. The summed E-state index contributed by atoms with van der Waals surface area (Å²) < 4.78 is 39.0. The molecule has 8 heteroatoms. The molecule has 5 nitrogen and oxygen atoms in total. The number of amides is 1. The van der Waals surface area contributed by atoms with Crippen LogP contribution in [0.2, 0.25) is 0 Å². The van der Waals surface area contributed by atoms with Crippen LogP contribution in [-0.2, 0) is 12.7 Å². The van der Waals surface area contributed by atoms with Gasteiger partial charge in [-0.25, -0.2) is 4.98 Å². The molecule has 0 bridgehead atoms. The molecule has 122 valence electrons. The molecule has 0 saturated carbocycles. The van der Waals surface area contributed by atoms with Gasteiger partial charge in [-0.15, -0.1) is 0 Å². The molecule has 0 aliphatic carbocycles. The molecule has 2 rings (SSSR count). The summed E-state index contributed by atoms with van der Waals surface area (Å²) in [5.41, 5.74) is -0.860. The minimum atomic E-state index is -4.65. The van der Waals surface area contributed by atoms with Crippen LogP contribution in [0, 0.1) is 6.92 Å². The predicted octanol–water partition coefficient (Wildman–Crippen LogP) is 1.98. The van der Waals surface area contributed by atoms with Gasteiger partial charge in [-0.1, -0.05) is 12.1 Å². The van der Waals surface area contributed by atoms with Crippen molar-refractivity contribution in [3.63, 3.8) is 0 Å². The van der Waals surface area contributed by atoms with Crippen molar-refractivity contribution in [1.29, 1.82) is 0 Å². The Balaban J connectivity index is 2.30. The third kappa shape index (κ3) is 3.77. The molecule has 0 aliphatic heterocycles. The highest BCUT2D eigenvalue weighted by atomic mass is 19.4. The van der Waals surface area contributed by atoms with E-state index in [0.29, 0.717) is 17.2 Å². The maximum Gasteiger partial charge on any atom is 0.433 e. The van der Waals surface area contributed by atoms with E-state index in [1.165, 1.54) is 14.0 Å². The van der Waals surface area contributed by atoms with Crippen molar-refractivity contribution in [3.05, 3.63) is 63.3 Å². The Morgan fingerprint density at radius 2 is 1.87 bits per heavy atom. The number of aromatic nitrogens is 2. The number of halogens is 3. The molecule has 0 radical (unpaired) electrons. The minimum Gasteiger partial charge on any atom is -0.355 e. The van der Waals surface area contributed by atoms with E-state index in [-0.39, 0.29) is 18.3 Å². The fraction of sp³-hybridized carbons (Fsp3) is 0.267. The summed E-state index contributed by atoms with van der Waals surface area (Å²) in [5.74, 6) is -0.277. The maximum atomic E-state index is 12.6. The fourth-order valence-electron chi connectivity index (χ4n) is 2.05. The van der Waals surface area contributed by atoms with Gasteiger partial charge in [0.05, 0.1) is 6.54 Å². The molecule has 0 atom stereocenters. The van der Waals surface area contributed by atoms with Crippen LogP contribution >= 0.6 is 0 Å². The lowest BCUT2D eigenvalue weighted by atomic mass is 10.1. The lowest BCUT2D eigenvalue weighted by molar-refractivity contribution is -0.141. The second-order valence-electron chi connectivity index (χ2n) is 4.89. The van der Waals surface area contributed by atoms with Gasteiger partial charge in [0.15, 0.2) is 5.69 Å². The van der Waals surface area contributed by atoms with Crippen molar-refractivity contribution in [2.75, 3.05) is 7.05 Å². The van der Waals surface area contributed by atoms with E-state index < -0.39 is 17.4 Å². The number of nitrogens with one attached hydrogen (secondary N) is 1. The Hall–Kier alpha value is -2.64. The van der Waals surface area contributed by atoms with Crippen LogP contribution in [0.1, 0.15) is 27.4 Å². The Labute approximate surface area is 129 Å². The summed E-state index contributed by atoms with van der Waals surface area (Å²) in [6.07, 6.45) is -4.65. The van der Waals surface area contributed by atoms with Gasteiger partial charge in [-0.3, -0.25) is 14.2 Å². The number of benzene rings is 1. The van der Waals surface area contributed by atoms with Crippen LogP contribution in [0.3, 0.4) is 0 Å². The zero-order chi connectivity index (χ0) is 17.2. The van der Waals surface area contributed by atoms with E-state index in [9.17, 15) is 22.8 Å². The molecule has 0 unspecified atom stereocenters. The second kappa shape index (κ2) is 6.23. The third-order valence-electron chi connectivity index (χ3n) is 3.27. The monoisotopic (exact) mass is 325 g/mol. The van der Waals surface area contributed by atoms with Gasteiger partial charge in [0.25, 0.3) is 11.5 Å². The SMILES string of the molecule is CNC(=O)c1ccc(Cn2c(C)nc(C(F)(F)F)cc2=O)cc1. The van der Waals surface area contributed by atoms with Crippen LogP contribution in [0.4, 0.5) is 13.2 Å². The average Bonchev–Trinajstić information content (AvgIpc) is 2.49. The molecule has 0 saturated heterocycles. The molecular formula is C15H14F3N3O2. The largest absolute Gasteiger partial charge is 0.433 e. The first-order valence-electron chi connectivity index (χ1n) is 6.69. The van der Waals surface area contributed by atoms with E-state index in [1.807, 2.05) is 0 Å². The quantitative estimate of drug-likeness (QED) is 0.938. The second-order valence-corrected chi connectivity index (χ2v) is 4.89. The van der Waals surface area contributed by atoms with E-state index in [4.69, 9.17) is 0 Å². The first kappa shape index (κ1) is 16.7. The first-order valence-corrected chi connectivity index (χ1v) is 6.69. The van der Waals surface area contributed by atoms with Gasteiger partial charge >= 0.3 is 6.18 Å². The van der Waals surface area contributed by atoms with Crippen LogP contribution in [0.25, 0.3) is 0 Å². The van der Waals surface area contributed by atoms with Crippen molar-refractivity contribution in [1.82, 2.24) is 14.9 Å². The Morgan fingerprint density at radius 3 is 2.35 bits per heavy atom. The highest BCUT2D eigenvalue weighted by Crippen LogP contribution is 2.26. The number of carbonyl (C=O) groups excluding carboxylic acids is 1. The normalized spacial score (nSPS) is 11.3. The topological polar surface area (TPSA) is 64.0 Å². The number of aryl methyl sites for hydroxylation is 1. The molecule has 1 aromatic carbocycles. The Kier molecular flexibility index (Phi) is 4.53. The molecule has 0 spiro atoms. The van der Waals surface area contributed by atoms with E-state index >= 15 is 0 Å². The van der Waals surface area contributed by atoms with Gasteiger partial charge in [-0.05, 0) is 24.6 Å². The number of hydrogen-bond acceptors (Lipinski definition) is 3. The highest BCUT2D eigenvalue weighted by molar-refractivity contribution is 5.93. The van der Waals surface area contributed by atoms with Gasteiger partial charge in [0.2, 0.25) is 0 Å². The lowest BCUT2D eigenvalue weighted by Gasteiger charge is -2.12. The molecule has 2 aromatic rings. The summed E-state index contributed by atoms with van der Waals surface area (Å²) >= 11 is 0. The number of rotatable bonds is 3. The summed E-state index contributed by atoms with van der Waals surface area (Å²) in [6.45, 7) is 1.42. The molecule has 0 fully saturated rings. The predicted molar refractivity (Wildman–Crippen MR) is 77.2 cm³/mol. The summed E-state index contributed by atoms with van der Waals surface area (Å²) in [7, 11) is 1.51. The van der Waals surface area contributed by atoms with E-state index in [1.54, 1.807) is 24.3 Å². The zero-order valence-corrected chi connectivity index (χ0v) is 12.4. The van der Waals surface area contributed by atoms with Gasteiger partial charge in [0.1, 0.15) is 5.82 Å². The van der Waals surface area contributed by atoms with Crippen LogP contribution < -0.4 is 10.9 Å². The fourth-order valence-corrected chi connectivity index (χ4v) is 2.05. The molecule has 1 heterocycles. The highest BCUT2D eigenvalue weighted by Gasteiger charge is 2.33. The van der Waals surface area contributed by atoms with Crippen LogP contribution in [0.15, 0.2) is 35.1 Å². The smallest absolute Gasteiger partial charge is 0.355 e. The van der Waals surface area contributed by atoms with Gasteiger partial charge < -0.3 is 5.32 Å². The first-order chi connectivity index (χ1) is 10.7. The van der Waals surface area contributed by atoms with Crippen molar-refractivity contribution >= 4 is 5.91 Å². The molecule has 1 aromatic heterocycles. The van der Waals surface area contributed by atoms with Crippen molar-refractivity contribution in [2.45, 2.75) is 19.6 Å². The Morgan fingerprint density at radius 1 is 1.26 bits per heavy atom. The van der Waals surface area contributed by atoms with Crippen molar-refractivity contribution < 1.29 is 18.0 Å². The molecular weight excluding hydrogens is 311 g/mol. The number of alkyl halides is 3. The summed E-state index contributed by atoms with van der Waals surface area (Å²) in [4.78, 5) is 26.8. The summed E-state index contributed by atoms with van der Waals surface area (Å²) in [5, 5.41) is 2.48. The van der Waals surface area contributed by atoms with Crippen LogP contribution in [0.5, 0.6) is 0 Å². The minimum absolute atomic E-state index is 0.0276. The number of nitrogens with zero attached hydrogens (tertiary/aromatic N) is 2. The Bertz CT molecular complexity index is 780. The molecule has 1 N–H and O–H groups in total. The van der Waals surface area contributed by atoms with E-state index in [0.717, 1.165) is 4.57 Å². The molecule has 23 heavy (non-hydrogen) atoms. The molecule has 0 aliphatic rings. The third-order valence-corrected chi connectivity index (χ3v) is 3.27. The lowest BCUT2D eigenvalue weighted by Crippen LogP contribution is -2.27. The van der Waals surface area contributed by atoms with E-state index in [2.05, 4.69) is 10.3 Å².